The molecule has 6 heteroatoms. The standard InChI is InChI=1S/C20H21FN2O2S/c21-14-10-7-13(8-11-14)9-12-17(24)23-20-18(19(22)25)15-5-3-1-2-4-6-16(15)26-20/h7-12H,1-6H2,(H2,22,25)(H,23,24)/b12-9+. The van der Waals surface area contributed by atoms with E-state index in [1.54, 1.807) is 18.2 Å². The maximum Gasteiger partial charge on any atom is 0.251 e. The van der Waals surface area contributed by atoms with Gasteiger partial charge < -0.3 is 11.1 Å². The van der Waals surface area contributed by atoms with Crippen molar-refractivity contribution in [3.8, 4) is 0 Å². The highest BCUT2D eigenvalue weighted by Gasteiger charge is 2.23. The van der Waals surface area contributed by atoms with Crippen molar-refractivity contribution in [2.24, 2.45) is 5.73 Å². The van der Waals surface area contributed by atoms with E-state index in [2.05, 4.69) is 5.32 Å². The lowest BCUT2D eigenvalue weighted by Crippen LogP contribution is -2.17. The zero-order chi connectivity index (χ0) is 18.5. The van der Waals surface area contributed by atoms with Gasteiger partial charge in [0.1, 0.15) is 10.8 Å². The van der Waals surface area contributed by atoms with Gasteiger partial charge in [0, 0.05) is 11.0 Å². The first kappa shape index (κ1) is 18.3. The minimum absolute atomic E-state index is 0.325. The summed E-state index contributed by atoms with van der Waals surface area (Å²) in [4.78, 5) is 25.4. The molecule has 3 N–H and O–H groups in total. The molecule has 1 aliphatic carbocycles. The Kier molecular flexibility index (Phi) is 5.83. The minimum atomic E-state index is -0.499. The lowest BCUT2D eigenvalue weighted by molar-refractivity contribution is -0.111. The van der Waals surface area contributed by atoms with Crippen LogP contribution in [0.5, 0.6) is 0 Å². The number of nitrogens with two attached hydrogens (primary N) is 1. The van der Waals surface area contributed by atoms with E-state index in [1.807, 2.05) is 0 Å². The van der Waals surface area contributed by atoms with E-state index in [0.29, 0.717) is 10.6 Å². The molecule has 3 rings (SSSR count). The molecule has 1 aromatic heterocycles. The van der Waals surface area contributed by atoms with Crippen LogP contribution in [0.1, 0.15) is 52.0 Å². The molecule has 0 spiro atoms. The topological polar surface area (TPSA) is 72.2 Å². The molecule has 0 bridgehead atoms. The molecule has 1 aliphatic rings. The molecule has 0 fully saturated rings. The molecular formula is C20H21FN2O2S. The quantitative estimate of drug-likeness (QED) is 0.786. The largest absolute Gasteiger partial charge is 0.365 e. The summed E-state index contributed by atoms with van der Waals surface area (Å²) < 4.78 is 12.9. The smallest absolute Gasteiger partial charge is 0.251 e. The SMILES string of the molecule is NC(=O)c1c(NC(=O)/C=C/c2ccc(F)cc2)sc2c1CCCCCC2. The van der Waals surface area contributed by atoms with Gasteiger partial charge in [-0.15, -0.1) is 11.3 Å². The second-order valence-corrected chi connectivity index (χ2v) is 7.47. The fourth-order valence-electron chi connectivity index (χ4n) is 3.17. The maximum absolute atomic E-state index is 12.9. The first-order valence-corrected chi connectivity index (χ1v) is 9.55. The van der Waals surface area contributed by atoms with Crippen molar-refractivity contribution < 1.29 is 14.0 Å². The van der Waals surface area contributed by atoms with Crippen LogP contribution in [-0.2, 0) is 17.6 Å². The Morgan fingerprint density at radius 1 is 1.08 bits per heavy atom. The van der Waals surface area contributed by atoms with Gasteiger partial charge in [0.2, 0.25) is 5.91 Å². The molecule has 0 aliphatic heterocycles. The summed E-state index contributed by atoms with van der Waals surface area (Å²) in [5.41, 5.74) is 7.76. The number of amides is 2. The van der Waals surface area contributed by atoms with Gasteiger partial charge in [-0.05, 0) is 55.0 Å². The molecule has 0 saturated heterocycles. The fraction of sp³-hybridized carbons (Fsp3) is 0.300. The highest BCUT2D eigenvalue weighted by molar-refractivity contribution is 7.17. The Morgan fingerprint density at radius 3 is 2.46 bits per heavy atom. The third kappa shape index (κ3) is 4.38. The molecule has 2 amide bonds. The van der Waals surface area contributed by atoms with Crippen LogP contribution < -0.4 is 11.1 Å². The van der Waals surface area contributed by atoms with Gasteiger partial charge in [-0.25, -0.2) is 4.39 Å². The highest BCUT2D eigenvalue weighted by atomic mass is 32.1. The van der Waals surface area contributed by atoms with Crippen molar-refractivity contribution in [1.29, 1.82) is 0 Å². The molecule has 136 valence electrons. The van der Waals surface area contributed by atoms with Crippen molar-refractivity contribution >= 4 is 34.2 Å². The molecule has 0 atom stereocenters. The minimum Gasteiger partial charge on any atom is -0.365 e. The highest BCUT2D eigenvalue weighted by Crippen LogP contribution is 2.36. The maximum atomic E-state index is 12.9. The summed E-state index contributed by atoms with van der Waals surface area (Å²) in [6.45, 7) is 0. The average Bonchev–Trinajstić information content (AvgIpc) is 2.91. The average molecular weight is 372 g/mol. The number of benzene rings is 1. The van der Waals surface area contributed by atoms with Crippen LogP contribution in [0.25, 0.3) is 6.08 Å². The van der Waals surface area contributed by atoms with Gasteiger partial charge in [0.05, 0.1) is 5.56 Å². The number of hydrogen-bond acceptors (Lipinski definition) is 3. The van der Waals surface area contributed by atoms with Crippen LogP contribution in [0.4, 0.5) is 9.39 Å². The first-order chi connectivity index (χ1) is 12.5. The normalized spacial score (nSPS) is 14.5. The number of hydrogen-bond donors (Lipinski definition) is 2. The predicted octanol–water partition coefficient (Wildman–Crippen LogP) is 4.30. The zero-order valence-corrected chi connectivity index (χ0v) is 15.2. The van der Waals surface area contributed by atoms with Gasteiger partial charge in [-0.2, -0.15) is 0 Å². The van der Waals surface area contributed by atoms with Gasteiger partial charge in [0.25, 0.3) is 5.91 Å². The Bertz CT molecular complexity index is 840. The van der Waals surface area contributed by atoms with E-state index in [4.69, 9.17) is 5.73 Å². The van der Waals surface area contributed by atoms with Crippen LogP contribution in [0, 0.1) is 5.82 Å². The van der Waals surface area contributed by atoms with E-state index in [0.717, 1.165) is 48.1 Å². The van der Waals surface area contributed by atoms with Gasteiger partial charge >= 0.3 is 0 Å². The van der Waals surface area contributed by atoms with Crippen LogP contribution in [0.2, 0.25) is 0 Å². The van der Waals surface area contributed by atoms with Crippen LogP contribution in [-0.4, -0.2) is 11.8 Å². The summed E-state index contributed by atoms with van der Waals surface area (Å²) in [5, 5.41) is 3.32. The molecular weight excluding hydrogens is 351 g/mol. The number of thiophene rings is 1. The van der Waals surface area contributed by atoms with Crippen LogP contribution in [0.15, 0.2) is 30.3 Å². The van der Waals surface area contributed by atoms with Crippen molar-refractivity contribution in [3.05, 3.63) is 57.7 Å². The molecule has 1 aromatic carbocycles. The molecule has 0 radical (unpaired) electrons. The first-order valence-electron chi connectivity index (χ1n) is 8.73. The molecule has 1 heterocycles. The summed E-state index contributed by atoms with van der Waals surface area (Å²) in [6, 6.07) is 5.85. The number of carbonyl (C=O) groups is 2. The van der Waals surface area contributed by atoms with E-state index < -0.39 is 5.91 Å². The van der Waals surface area contributed by atoms with Crippen LogP contribution in [0.3, 0.4) is 0 Å². The van der Waals surface area contributed by atoms with E-state index in [-0.39, 0.29) is 11.7 Å². The second kappa shape index (κ2) is 8.27. The lowest BCUT2D eigenvalue weighted by Gasteiger charge is -2.10. The number of anilines is 1. The van der Waals surface area contributed by atoms with Crippen molar-refractivity contribution in [1.82, 2.24) is 0 Å². The number of fused-ring (bicyclic) bond motifs is 1. The lowest BCUT2D eigenvalue weighted by atomic mass is 9.96. The number of primary amides is 1. The summed E-state index contributed by atoms with van der Waals surface area (Å²) in [6.07, 6.45) is 9.16. The van der Waals surface area contributed by atoms with Crippen LogP contribution >= 0.6 is 11.3 Å². The fourth-order valence-corrected chi connectivity index (χ4v) is 4.47. The Labute approximate surface area is 155 Å². The van der Waals surface area contributed by atoms with Gasteiger partial charge in [-0.1, -0.05) is 25.0 Å². The predicted molar refractivity (Wildman–Crippen MR) is 103 cm³/mol. The summed E-state index contributed by atoms with van der Waals surface area (Å²) in [5.74, 6) is -1.17. The second-order valence-electron chi connectivity index (χ2n) is 6.36. The van der Waals surface area contributed by atoms with Crippen molar-refractivity contribution in [2.45, 2.75) is 38.5 Å². The summed E-state index contributed by atoms with van der Waals surface area (Å²) >= 11 is 1.45. The van der Waals surface area contributed by atoms with Crippen molar-refractivity contribution in [2.75, 3.05) is 5.32 Å². The molecule has 4 nitrogen and oxygen atoms in total. The molecule has 26 heavy (non-hydrogen) atoms. The number of halogens is 1. The van der Waals surface area contributed by atoms with Gasteiger partial charge in [0.15, 0.2) is 0 Å². The Hall–Kier alpha value is -2.47. The number of aryl methyl sites for hydroxylation is 1. The molecule has 2 aromatic rings. The van der Waals surface area contributed by atoms with Gasteiger partial charge in [-0.3, -0.25) is 9.59 Å². The molecule has 0 unspecified atom stereocenters. The third-order valence-corrected chi connectivity index (χ3v) is 5.66. The van der Waals surface area contributed by atoms with E-state index >= 15 is 0 Å². The molecule has 0 saturated carbocycles. The third-order valence-electron chi connectivity index (χ3n) is 4.45. The zero-order valence-electron chi connectivity index (χ0n) is 14.4. The van der Waals surface area contributed by atoms with E-state index in [9.17, 15) is 14.0 Å². The van der Waals surface area contributed by atoms with Crippen molar-refractivity contribution in [3.63, 3.8) is 0 Å². The Morgan fingerprint density at radius 2 is 1.77 bits per heavy atom. The number of carbonyl (C=O) groups excluding carboxylic acids is 2. The Balaban J connectivity index is 1.80. The number of rotatable bonds is 4. The van der Waals surface area contributed by atoms with E-state index in [1.165, 1.54) is 36.0 Å². The summed E-state index contributed by atoms with van der Waals surface area (Å²) in [7, 11) is 0. The number of nitrogens with one attached hydrogen (secondary N) is 1. The monoisotopic (exact) mass is 372 g/mol.